The van der Waals surface area contributed by atoms with Crippen LogP contribution in [-0.2, 0) is 16.0 Å². The lowest BCUT2D eigenvalue weighted by atomic mass is 10.1. The Hall–Kier alpha value is -3.54. The number of hydrogen-bond acceptors (Lipinski definition) is 6. The van der Waals surface area contributed by atoms with Crippen molar-refractivity contribution in [2.75, 3.05) is 19.0 Å². The van der Waals surface area contributed by atoms with E-state index in [1.807, 2.05) is 43.3 Å². The molecule has 3 rings (SSSR count). The maximum Gasteiger partial charge on any atom is 0.332 e. The molecule has 0 aliphatic rings. The third kappa shape index (κ3) is 5.48. The van der Waals surface area contributed by atoms with Gasteiger partial charge in [-0.05, 0) is 31.5 Å². The van der Waals surface area contributed by atoms with E-state index in [9.17, 15) is 4.79 Å². The lowest BCUT2D eigenvalue weighted by Crippen LogP contribution is -2.09. The minimum Gasteiger partial charge on any atom is -0.496 e. The molecule has 0 bridgehead atoms. The van der Waals surface area contributed by atoms with Gasteiger partial charge in [0.2, 0.25) is 0 Å². The summed E-state index contributed by atoms with van der Waals surface area (Å²) in [6, 6.07) is 13.8. The first-order valence-corrected chi connectivity index (χ1v) is 9.36. The molecule has 0 unspecified atom stereocenters. The first-order chi connectivity index (χ1) is 14.1. The van der Waals surface area contributed by atoms with Crippen LogP contribution >= 0.6 is 0 Å². The highest BCUT2D eigenvalue weighted by molar-refractivity contribution is 5.83. The van der Waals surface area contributed by atoms with Gasteiger partial charge in [0, 0.05) is 29.9 Å². The molecular formula is C23H24N2O4. The van der Waals surface area contributed by atoms with Crippen molar-refractivity contribution in [3.05, 3.63) is 78.0 Å². The van der Waals surface area contributed by atoms with Gasteiger partial charge in [-0.15, -0.1) is 0 Å². The van der Waals surface area contributed by atoms with Gasteiger partial charge in [-0.3, -0.25) is 0 Å². The summed E-state index contributed by atoms with van der Waals surface area (Å²) in [5.74, 6) is 0.876. The zero-order valence-corrected chi connectivity index (χ0v) is 16.8. The number of oxazole rings is 1. The van der Waals surface area contributed by atoms with Crippen molar-refractivity contribution in [1.82, 2.24) is 4.98 Å². The Morgan fingerprint density at radius 2 is 2.10 bits per heavy atom. The molecular weight excluding hydrogens is 368 g/mol. The van der Waals surface area contributed by atoms with Crippen LogP contribution in [0.5, 0.6) is 5.75 Å². The van der Waals surface area contributed by atoms with Crippen molar-refractivity contribution >= 4 is 11.7 Å². The van der Waals surface area contributed by atoms with E-state index in [2.05, 4.69) is 16.4 Å². The van der Waals surface area contributed by atoms with E-state index >= 15 is 0 Å². The Balaban J connectivity index is 1.87. The molecule has 0 amide bonds. The number of aromatic nitrogens is 1. The van der Waals surface area contributed by atoms with Gasteiger partial charge in [0.1, 0.15) is 5.75 Å². The van der Waals surface area contributed by atoms with Crippen LogP contribution in [0, 0.1) is 6.92 Å². The molecule has 1 N–H and O–H groups in total. The highest BCUT2D eigenvalue weighted by Gasteiger charge is 2.12. The number of allylic oxidation sites excluding steroid dienone is 1. The van der Waals surface area contributed by atoms with Crippen LogP contribution in [0.3, 0.4) is 0 Å². The number of carbonyl (C=O) groups excluding carboxylic acids is 1. The van der Waals surface area contributed by atoms with Gasteiger partial charge in [0.25, 0.3) is 0 Å². The first kappa shape index (κ1) is 20.2. The van der Waals surface area contributed by atoms with Crippen LogP contribution in [-0.4, -0.2) is 24.7 Å². The minimum atomic E-state index is -0.382. The fourth-order valence-electron chi connectivity index (χ4n) is 3.01. The standard InChI is InChI=1S/C23H24N2O4/c1-4-28-23(26)13-19(11-17-7-5-6-16(2)10-17)25-18-8-9-20(21(12-18)27-3)22-14-24-15-29-22/h5-10,12-15,25H,4,11H2,1-3H3/b19-13-. The van der Waals surface area contributed by atoms with Crippen LogP contribution in [0.25, 0.3) is 11.3 Å². The van der Waals surface area contributed by atoms with Crippen molar-refractivity contribution in [3.8, 4) is 17.1 Å². The molecule has 150 valence electrons. The smallest absolute Gasteiger partial charge is 0.332 e. The SMILES string of the molecule is CCOC(=O)/C=C(/Cc1cccc(C)c1)Nc1ccc(-c2cnco2)c(OC)c1. The number of anilines is 1. The molecule has 0 atom stereocenters. The van der Waals surface area contributed by atoms with E-state index < -0.39 is 0 Å². The van der Waals surface area contributed by atoms with Crippen LogP contribution in [0.15, 0.2) is 71.2 Å². The zero-order chi connectivity index (χ0) is 20.6. The number of benzene rings is 2. The third-order valence-corrected chi connectivity index (χ3v) is 4.26. The normalized spacial score (nSPS) is 11.2. The molecule has 2 aromatic carbocycles. The molecule has 6 nitrogen and oxygen atoms in total. The van der Waals surface area contributed by atoms with E-state index in [1.165, 1.54) is 12.5 Å². The van der Waals surface area contributed by atoms with Gasteiger partial charge in [-0.2, -0.15) is 0 Å². The molecule has 6 heteroatoms. The van der Waals surface area contributed by atoms with Gasteiger partial charge in [-0.1, -0.05) is 29.8 Å². The summed E-state index contributed by atoms with van der Waals surface area (Å²) < 4.78 is 16.0. The maximum atomic E-state index is 12.1. The van der Waals surface area contributed by atoms with Gasteiger partial charge >= 0.3 is 5.97 Å². The van der Waals surface area contributed by atoms with Gasteiger partial charge in [0.15, 0.2) is 12.2 Å². The molecule has 0 radical (unpaired) electrons. The van der Waals surface area contributed by atoms with E-state index in [0.717, 1.165) is 28.1 Å². The van der Waals surface area contributed by atoms with Gasteiger partial charge in [0.05, 0.1) is 25.5 Å². The quantitative estimate of drug-likeness (QED) is 0.440. The Morgan fingerprint density at radius 1 is 1.24 bits per heavy atom. The van der Waals surface area contributed by atoms with Crippen molar-refractivity contribution < 1.29 is 18.7 Å². The number of aryl methyl sites for hydroxylation is 1. The van der Waals surface area contributed by atoms with E-state index in [0.29, 0.717) is 24.5 Å². The zero-order valence-electron chi connectivity index (χ0n) is 16.8. The average molecular weight is 392 g/mol. The van der Waals surface area contributed by atoms with Crippen molar-refractivity contribution in [2.24, 2.45) is 0 Å². The number of ether oxygens (including phenoxy) is 2. The summed E-state index contributed by atoms with van der Waals surface area (Å²) in [7, 11) is 1.60. The van der Waals surface area contributed by atoms with Crippen molar-refractivity contribution in [3.63, 3.8) is 0 Å². The summed E-state index contributed by atoms with van der Waals surface area (Å²) in [5.41, 5.74) is 4.57. The molecule has 0 aliphatic heterocycles. The van der Waals surface area contributed by atoms with Crippen LogP contribution in [0.1, 0.15) is 18.1 Å². The van der Waals surface area contributed by atoms with E-state index in [-0.39, 0.29) is 5.97 Å². The average Bonchev–Trinajstić information content (AvgIpc) is 3.22. The topological polar surface area (TPSA) is 73.6 Å². The molecule has 0 aliphatic carbocycles. The van der Waals surface area contributed by atoms with Gasteiger partial charge in [-0.25, -0.2) is 9.78 Å². The summed E-state index contributed by atoms with van der Waals surface area (Å²) >= 11 is 0. The van der Waals surface area contributed by atoms with Crippen molar-refractivity contribution in [1.29, 1.82) is 0 Å². The number of methoxy groups -OCH3 is 1. The van der Waals surface area contributed by atoms with E-state index in [1.54, 1.807) is 20.2 Å². The number of esters is 1. The number of hydrogen-bond donors (Lipinski definition) is 1. The summed E-state index contributed by atoms with van der Waals surface area (Å²) in [4.78, 5) is 16.0. The third-order valence-electron chi connectivity index (χ3n) is 4.26. The second-order valence-corrected chi connectivity index (χ2v) is 6.49. The fraction of sp³-hybridized carbons (Fsp3) is 0.217. The lowest BCUT2D eigenvalue weighted by Gasteiger charge is -2.14. The molecule has 1 aromatic heterocycles. The van der Waals surface area contributed by atoms with Gasteiger partial charge < -0.3 is 19.2 Å². The molecule has 3 aromatic rings. The highest BCUT2D eigenvalue weighted by Crippen LogP contribution is 2.32. The Labute approximate surface area is 170 Å². The highest BCUT2D eigenvalue weighted by atomic mass is 16.5. The largest absolute Gasteiger partial charge is 0.496 e. The molecule has 29 heavy (non-hydrogen) atoms. The summed E-state index contributed by atoms with van der Waals surface area (Å²) in [5, 5.41) is 3.32. The second-order valence-electron chi connectivity index (χ2n) is 6.49. The second kappa shape index (κ2) is 9.59. The number of carbonyl (C=O) groups is 1. The molecule has 0 saturated carbocycles. The Kier molecular flexibility index (Phi) is 6.68. The van der Waals surface area contributed by atoms with Crippen LogP contribution in [0.4, 0.5) is 5.69 Å². The molecule has 1 heterocycles. The molecule has 0 spiro atoms. The summed E-state index contributed by atoms with van der Waals surface area (Å²) in [6.45, 7) is 4.15. The fourth-order valence-corrected chi connectivity index (χ4v) is 3.01. The number of rotatable bonds is 8. The lowest BCUT2D eigenvalue weighted by molar-refractivity contribution is -0.137. The maximum absolute atomic E-state index is 12.1. The monoisotopic (exact) mass is 392 g/mol. The number of nitrogens with one attached hydrogen (secondary N) is 1. The Morgan fingerprint density at radius 3 is 2.79 bits per heavy atom. The van der Waals surface area contributed by atoms with Crippen molar-refractivity contribution in [2.45, 2.75) is 20.3 Å². The molecule has 0 fully saturated rings. The number of nitrogens with zero attached hydrogens (tertiary/aromatic N) is 1. The predicted molar refractivity (Wildman–Crippen MR) is 112 cm³/mol. The molecule has 0 saturated heterocycles. The summed E-state index contributed by atoms with van der Waals surface area (Å²) in [6.07, 6.45) is 5.06. The Bertz CT molecular complexity index is 994. The van der Waals surface area contributed by atoms with E-state index in [4.69, 9.17) is 13.9 Å². The van der Waals surface area contributed by atoms with Crippen LogP contribution < -0.4 is 10.1 Å². The van der Waals surface area contributed by atoms with Crippen LogP contribution in [0.2, 0.25) is 0 Å². The predicted octanol–water partition coefficient (Wildman–Crippen LogP) is 4.76. The first-order valence-electron chi connectivity index (χ1n) is 9.36. The minimum absolute atomic E-state index is 0.326.